The summed E-state index contributed by atoms with van der Waals surface area (Å²) in [5.74, 6) is 0. The molecule has 0 saturated carbocycles. The number of nitrogens with zero attached hydrogens (tertiary/aromatic N) is 3. The van der Waals surface area contributed by atoms with Gasteiger partial charge in [0.25, 0.3) is 0 Å². The second-order valence-corrected chi connectivity index (χ2v) is 2.49. The van der Waals surface area contributed by atoms with Gasteiger partial charge in [0.2, 0.25) is 0 Å². The molecular formula is C9H9N3. The standard InChI is InChI=1S/C9H9N3/c1-2-7-12-10-8-5-3-4-6-9(8)11-12/h2-7H,1H3. The molecular weight excluding hydrogens is 150 g/mol. The van der Waals surface area contributed by atoms with Gasteiger partial charge in [0.1, 0.15) is 11.0 Å². The Balaban J connectivity index is 2.62. The van der Waals surface area contributed by atoms with Gasteiger partial charge in [-0.25, -0.2) is 0 Å². The zero-order valence-electron chi connectivity index (χ0n) is 6.81. The van der Waals surface area contributed by atoms with Crippen LogP contribution in [-0.4, -0.2) is 15.0 Å². The van der Waals surface area contributed by atoms with Gasteiger partial charge in [0.05, 0.1) is 0 Å². The maximum absolute atomic E-state index is 4.22. The van der Waals surface area contributed by atoms with Crippen molar-refractivity contribution in [2.45, 2.75) is 6.92 Å². The van der Waals surface area contributed by atoms with E-state index in [1.807, 2.05) is 43.5 Å². The van der Waals surface area contributed by atoms with E-state index in [2.05, 4.69) is 10.2 Å². The van der Waals surface area contributed by atoms with Crippen LogP contribution in [0.2, 0.25) is 0 Å². The van der Waals surface area contributed by atoms with Crippen molar-refractivity contribution in [1.29, 1.82) is 0 Å². The van der Waals surface area contributed by atoms with Crippen molar-refractivity contribution >= 4 is 17.2 Å². The van der Waals surface area contributed by atoms with Crippen LogP contribution in [0.1, 0.15) is 6.92 Å². The Morgan fingerprint density at radius 1 is 1.17 bits per heavy atom. The first-order chi connectivity index (χ1) is 5.90. The normalized spacial score (nSPS) is 11.4. The van der Waals surface area contributed by atoms with E-state index in [1.54, 1.807) is 4.80 Å². The number of hydrogen-bond donors (Lipinski definition) is 0. The van der Waals surface area contributed by atoms with Crippen LogP contribution >= 0.6 is 0 Å². The fourth-order valence-corrected chi connectivity index (χ4v) is 1.08. The summed E-state index contributed by atoms with van der Waals surface area (Å²) in [6.45, 7) is 1.94. The van der Waals surface area contributed by atoms with Crippen LogP contribution in [-0.2, 0) is 0 Å². The molecule has 0 amide bonds. The van der Waals surface area contributed by atoms with Gasteiger partial charge in [-0.15, -0.1) is 10.2 Å². The Morgan fingerprint density at radius 2 is 1.75 bits per heavy atom. The first kappa shape index (κ1) is 7.03. The van der Waals surface area contributed by atoms with E-state index < -0.39 is 0 Å². The van der Waals surface area contributed by atoms with Gasteiger partial charge in [-0.05, 0) is 19.1 Å². The second kappa shape index (κ2) is 2.77. The van der Waals surface area contributed by atoms with Crippen LogP contribution in [0.15, 0.2) is 30.3 Å². The molecule has 0 bridgehead atoms. The second-order valence-electron chi connectivity index (χ2n) is 2.49. The molecule has 3 heteroatoms. The van der Waals surface area contributed by atoms with Crippen molar-refractivity contribution in [3.8, 4) is 0 Å². The first-order valence-corrected chi connectivity index (χ1v) is 3.84. The van der Waals surface area contributed by atoms with Gasteiger partial charge in [0.15, 0.2) is 0 Å². The maximum Gasteiger partial charge on any atom is 0.113 e. The van der Waals surface area contributed by atoms with Gasteiger partial charge in [-0.2, -0.15) is 4.80 Å². The maximum atomic E-state index is 4.22. The van der Waals surface area contributed by atoms with Crippen molar-refractivity contribution in [2.75, 3.05) is 0 Å². The van der Waals surface area contributed by atoms with Crippen LogP contribution in [0.3, 0.4) is 0 Å². The van der Waals surface area contributed by atoms with Crippen LogP contribution in [0, 0.1) is 0 Å². The fraction of sp³-hybridized carbons (Fsp3) is 0.111. The van der Waals surface area contributed by atoms with Crippen molar-refractivity contribution in [1.82, 2.24) is 15.0 Å². The molecule has 60 valence electrons. The number of allylic oxidation sites excluding steroid dienone is 1. The molecule has 12 heavy (non-hydrogen) atoms. The van der Waals surface area contributed by atoms with E-state index in [0.717, 1.165) is 11.0 Å². The molecule has 0 aliphatic carbocycles. The Morgan fingerprint density at radius 3 is 2.25 bits per heavy atom. The Kier molecular flexibility index (Phi) is 1.63. The average Bonchev–Trinajstić information content (AvgIpc) is 2.47. The summed E-state index contributed by atoms with van der Waals surface area (Å²) in [7, 11) is 0. The highest BCUT2D eigenvalue weighted by atomic mass is 15.5. The minimum absolute atomic E-state index is 0.926. The molecule has 0 unspecified atom stereocenters. The molecule has 0 radical (unpaired) electrons. The summed E-state index contributed by atoms with van der Waals surface area (Å²) >= 11 is 0. The molecule has 0 atom stereocenters. The molecule has 1 aromatic heterocycles. The largest absolute Gasteiger partial charge is 0.158 e. The summed E-state index contributed by atoms with van der Waals surface area (Å²) in [5, 5.41) is 8.44. The minimum Gasteiger partial charge on any atom is -0.158 e. The predicted octanol–water partition coefficient (Wildman–Crippen LogP) is 1.92. The highest BCUT2D eigenvalue weighted by Crippen LogP contribution is 2.06. The van der Waals surface area contributed by atoms with Crippen molar-refractivity contribution < 1.29 is 0 Å². The van der Waals surface area contributed by atoms with Crippen molar-refractivity contribution in [3.05, 3.63) is 30.3 Å². The molecule has 1 aromatic carbocycles. The summed E-state index contributed by atoms with van der Waals surface area (Å²) in [4.78, 5) is 1.57. The molecule has 2 rings (SSSR count). The monoisotopic (exact) mass is 159 g/mol. The average molecular weight is 159 g/mol. The third-order valence-corrected chi connectivity index (χ3v) is 1.58. The van der Waals surface area contributed by atoms with E-state index in [0.29, 0.717) is 0 Å². The molecule has 0 aliphatic heterocycles. The Bertz CT molecular complexity index is 381. The minimum atomic E-state index is 0.926. The van der Waals surface area contributed by atoms with Crippen molar-refractivity contribution in [2.24, 2.45) is 0 Å². The number of benzene rings is 1. The molecule has 2 aromatic rings. The number of rotatable bonds is 1. The molecule has 0 spiro atoms. The summed E-state index contributed by atoms with van der Waals surface area (Å²) in [6, 6.07) is 7.80. The third kappa shape index (κ3) is 1.09. The van der Waals surface area contributed by atoms with Gasteiger partial charge in [-0.3, -0.25) is 0 Å². The first-order valence-electron chi connectivity index (χ1n) is 3.84. The molecule has 0 aliphatic rings. The van der Waals surface area contributed by atoms with E-state index in [1.165, 1.54) is 0 Å². The fourth-order valence-electron chi connectivity index (χ4n) is 1.08. The lowest BCUT2D eigenvalue weighted by molar-refractivity contribution is 0.811. The molecule has 1 heterocycles. The van der Waals surface area contributed by atoms with E-state index in [-0.39, 0.29) is 0 Å². The molecule has 0 saturated heterocycles. The number of fused-ring (bicyclic) bond motifs is 1. The Labute approximate surface area is 70.3 Å². The zero-order chi connectivity index (χ0) is 8.39. The topological polar surface area (TPSA) is 30.7 Å². The van der Waals surface area contributed by atoms with Gasteiger partial charge in [-0.1, -0.05) is 18.2 Å². The van der Waals surface area contributed by atoms with Gasteiger partial charge >= 0.3 is 0 Å². The summed E-state index contributed by atoms with van der Waals surface area (Å²) < 4.78 is 0. The summed E-state index contributed by atoms with van der Waals surface area (Å²) in [5.41, 5.74) is 1.85. The van der Waals surface area contributed by atoms with Crippen LogP contribution < -0.4 is 0 Å². The lowest BCUT2D eigenvalue weighted by Crippen LogP contribution is -1.89. The van der Waals surface area contributed by atoms with Gasteiger partial charge in [0, 0.05) is 6.20 Å². The molecule has 0 fully saturated rings. The van der Waals surface area contributed by atoms with Crippen LogP contribution in [0.25, 0.3) is 17.2 Å². The van der Waals surface area contributed by atoms with Gasteiger partial charge < -0.3 is 0 Å². The lowest BCUT2D eigenvalue weighted by atomic mass is 10.3. The summed E-state index contributed by atoms with van der Waals surface area (Å²) in [6.07, 6.45) is 3.72. The third-order valence-electron chi connectivity index (χ3n) is 1.58. The highest BCUT2D eigenvalue weighted by Gasteiger charge is 1.96. The van der Waals surface area contributed by atoms with Crippen LogP contribution in [0.4, 0.5) is 0 Å². The number of aromatic nitrogens is 3. The zero-order valence-corrected chi connectivity index (χ0v) is 6.81. The lowest BCUT2D eigenvalue weighted by Gasteiger charge is -1.82. The van der Waals surface area contributed by atoms with Crippen LogP contribution in [0.5, 0.6) is 0 Å². The van der Waals surface area contributed by atoms with E-state index in [4.69, 9.17) is 0 Å². The predicted molar refractivity (Wildman–Crippen MR) is 48.5 cm³/mol. The Hall–Kier alpha value is -1.64. The SMILES string of the molecule is CC=Cn1nc2ccccc2n1. The number of hydrogen-bond acceptors (Lipinski definition) is 2. The van der Waals surface area contributed by atoms with E-state index in [9.17, 15) is 0 Å². The highest BCUT2D eigenvalue weighted by molar-refractivity contribution is 5.73. The van der Waals surface area contributed by atoms with E-state index >= 15 is 0 Å². The quantitative estimate of drug-likeness (QED) is 0.636. The molecule has 0 N–H and O–H groups in total. The van der Waals surface area contributed by atoms with Crippen molar-refractivity contribution in [3.63, 3.8) is 0 Å². The molecule has 3 nitrogen and oxygen atoms in total. The smallest absolute Gasteiger partial charge is 0.113 e.